The van der Waals surface area contributed by atoms with Gasteiger partial charge in [0.15, 0.2) is 0 Å². The van der Waals surface area contributed by atoms with E-state index in [1.165, 1.54) is 18.4 Å². The fraction of sp³-hybridized carbons (Fsp3) is 0.600. The Bertz CT molecular complexity index is 413. The van der Waals surface area contributed by atoms with Crippen LogP contribution in [0.1, 0.15) is 32.3 Å². The topological polar surface area (TPSA) is 21.3 Å². The first-order valence-electron chi connectivity index (χ1n) is 6.56. The first-order valence-corrected chi connectivity index (χ1v) is 6.94. The van der Waals surface area contributed by atoms with Crippen molar-refractivity contribution < 1.29 is 4.74 Å². The van der Waals surface area contributed by atoms with E-state index in [0.717, 1.165) is 29.8 Å². The van der Waals surface area contributed by atoms with Crippen LogP contribution in [0, 0.1) is 5.41 Å². The van der Waals surface area contributed by atoms with Gasteiger partial charge in [0.1, 0.15) is 5.75 Å². The zero-order valence-corrected chi connectivity index (χ0v) is 12.2. The van der Waals surface area contributed by atoms with E-state index in [4.69, 9.17) is 16.3 Å². The van der Waals surface area contributed by atoms with Crippen molar-refractivity contribution in [3.8, 4) is 5.75 Å². The molecule has 1 aromatic carbocycles. The molecule has 0 unspecified atom stereocenters. The van der Waals surface area contributed by atoms with Crippen molar-refractivity contribution in [2.45, 2.75) is 39.2 Å². The van der Waals surface area contributed by atoms with Gasteiger partial charge >= 0.3 is 0 Å². The van der Waals surface area contributed by atoms with Gasteiger partial charge in [0, 0.05) is 17.6 Å². The summed E-state index contributed by atoms with van der Waals surface area (Å²) in [5.74, 6) is 0.930. The fourth-order valence-electron chi connectivity index (χ4n) is 2.17. The third kappa shape index (κ3) is 3.89. The number of benzene rings is 1. The van der Waals surface area contributed by atoms with Crippen LogP contribution < -0.4 is 10.1 Å². The highest BCUT2D eigenvalue weighted by Gasteiger charge is 2.26. The maximum Gasteiger partial charge on any atom is 0.122 e. The van der Waals surface area contributed by atoms with Crippen molar-refractivity contribution in [2.24, 2.45) is 5.41 Å². The molecule has 1 N–H and O–H groups in total. The summed E-state index contributed by atoms with van der Waals surface area (Å²) in [7, 11) is 1.71. The van der Waals surface area contributed by atoms with Gasteiger partial charge in [0.25, 0.3) is 0 Å². The maximum atomic E-state index is 6.07. The molecular formula is C15H22ClNO. The van der Waals surface area contributed by atoms with E-state index >= 15 is 0 Å². The van der Waals surface area contributed by atoms with Gasteiger partial charge in [-0.2, -0.15) is 0 Å². The zero-order chi connectivity index (χ0) is 13.2. The van der Waals surface area contributed by atoms with Gasteiger partial charge in [-0.1, -0.05) is 25.4 Å². The molecule has 0 atom stereocenters. The lowest BCUT2D eigenvalue weighted by Crippen LogP contribution is -2.32. The van der Waals surface area contributed by atoms with E-state index < -0.39 is 0 Å². The highest BCUT2D eigenvalue weighted by atomic mass is 35.5. The molecule has 2 rings (SSSR count). The maximum absolute atomic E-state index is 6.07. The summed E-state index contributed by atoms with van der Waals surface area (Å²) >= 11 is 6.07. The molecule has 3 heteroatoms. The monoisotopic (exact) mass is 267 g/mol. The van der Waals surface area contributed by atoms with Gasteiger partial charge in [0.05, 0.1) is 7.11 Å². The highest BCUT2D eigenvalue weighted by Crippen LogP contribution is 2.30. The number of methoxy groups -OCH3 is 1. The standard InChI is InChI=1S/C15H22ClNO/c1-15(2,10-17-13-5-6-13)9-11-8-12(16)4-7-14(11)18-3/h4,7-8,13,17H,5-6,9-10H2,1-3H3. The minimum Gasteiger partial charge on any atom is -0.496 e. The second-order valence-corrected chi connectivity index (χ2v) is 6.39. The lowest BCUT2D eigenvalue weighted by atomic mass is 9.85. The van der Waals surface area contributed by atoms with Crippen molar-refractivity contribution in [3.05, 3.63) is 28.8 Å². The second kappa shape index (κ2) is 5.50. The van der Waals surface area contributed by atoms with Crippen molar-refractivity contribution in [1.29, 1.82) is 0 Å². The molecule has 2 nitrogen and oxygen atoms in total. The summed E-state index contributed by atoms with van der Waals surface area (Å²) in [5, 5.41) is 4.37. The number of halogens is 1. The van der Waals surface area contributed by atoms with Crippen LogP contribution in [0.3, 0.4) is 0 Å². The van der Waals surface area contributed by atoms with E-state index in [0.29, 0.717) is 0 Å². The van der Waals surface area contributed by atoms with E-state index in [1.54, 1.807) is 7.11 Å². The molecule has 1 saturated carbocycles. The minimum atomic E-state index is 0.209. The number of nitrogens with one attached hydrogen (secondary N) is 1. The molecule has 18 heavy (non-hydrogen) atoms. The fourth-order valence-corrected chi connectivity index (χ4v) is 2.37. The number of hydrogen-bond donors (Lipinski definition) is 1. The lowest BCUT2D eigenvalue weighted by molar-refractivity contribution is 0.328. The average molecular weight is 268 g/mol. The van der Waals surface area contributed by atoms with Crippen LogP contribution in [-0.2, 0) is 6.42 Å². The number of hydrogen-bond acceptors (Lipinski definition) is 2. The van der Waals surface area contributed by atoms with Crippen LogP contribution in [0.5, 0.6) is 5.75 Å². The van der Waals surface area contributed by atoms with Crippen molar-refractivity contribution >= 4 is 11.6 Å². The molecule has 0 spiro atoms. The van der Waals surface area contributed by atoms with Crippen LogP contribution in [-0.4, -0.2) is 19.7 Å². The summed E-state index contributed by atoms with van der Waals surface area (Å²) < 4.78 is 5.41. The Hall–Kier alpha value is -0.730. The van der Waals surface area contributed by atoms with Gasteiger partial charge in [-0.05, 0) is 48.4 Å². The van der Waals surface area contributed by atoms with Crippen molar-refractivity contribution in [2.75, 3.05) is 13.7 Å². The Morgan fingerprint density at radius 2 is 2.11 bits per heavy atom. The third-order valence-electron chi connectivity index (χ3n) is 3.36. The highest BCUT2D eigenvalue weighted by molar-refractivity contribution is 6.30. The van der Waals surface area contributed by atoms with Gasteiger partial charge in [0.2, 0.25) is 0 Å². The molecule has 1 aromatic rings. The van der Waals surface area contributed by atoms with E-state index in [9.17, 15) is 0 Å². The van der Waals surface area contributed by atoms with Crippen LogP contribution in [0.4, 0.5) is 0 Å². The largest absolute Gasteiger partial charge is 0.496 e. The Morgan fingerprint density at radius 3 is 2.72 bits per heavy atom. The predicted octanol–water partition coefficient (Wildman–Crippen LogP) is 3.67. The molecule has 0 aromatic heterocycles. The van der Waals surface area contributed by atoms with Crippen LogP contribution in [0.25, 0.3) is 0 Å². The molecule has 0 heterocycles. The molecule has 0 radical (unpaired) electrons. The first-order chi connectivity index (χ1) is 8.50. The lowest BCUT2D eigenvalue weighted by Gasteiger charge is -2.26. The molecule has 1 aliphatic carbocycles. The summed E-state index contributed by atoms with van der Waals surface area (Å²) in [6.07, 6.45) is 3.63. The quantitative estimate of drug-likeness (QED) is 0.849. The third-order valence-corrected chi connectivity index (χ3v) is 3.59. The van der Waals surface area contributed by atoms with Gasteiger partial charge < -0.3 is 10.1 Å². The summed E-state index contributed by atoms with van der Waals surface area (Å²) in [6, 6.07) is 6.59. The van der Waals surface area contributed by atoms with Crippen molar-refractivity contribution in [1.82, 2.24) is 5.32 Å². The minimum absolute atomic E-state index is 0.209. The normalized spacial score (nSPS) is 15.8. The molecule has 100 valence electrons. The summed E-state index contributed by atoms with van der Waals surface area (Å²) in [5.41, 5.74) is 1.40. The zero-order valence-electron chi connectivity index (χ0n) is 11.4. The molecule has 1 fully saturated rings. The van der Waals surface area contributed by atoms with Gasteiger partial charge in [-0.3, -0.25) is 0 Å². The SMILES string of the molecule is COc1ccc(Cl)cc1CC(C)(C)CNC1CC1. The van der Waals surface area contributed by atoms with Crippen LogP contribution >= 0.6 is 11.6 Å². The Morgan fingerprint density at radius 1 is 1.39 bits per heavy atom. The Labute approximate surface area is 115 Å². The van der Waals surface area contributed by atoms with E-state index in [2.05, 4.69) is 19.2 Å². The summed E-state index contributed by atoms with van der Waals surface area (Å²) in [4.78, 5) is 0. The Balaban J connectivity index is 2.03. The molecule has 0 aliphatic heterocycles. The molecule has 0 amide bonds. The number of ether oxygens (including phenoxy) is 1. The van der Waals surface area contributed by atoms with Crippen LogP contribution in [0.15, 0.2) is 18.2 Å². The van der Waals surface area contributed by atoms with Crippen LogP contribution in [0.2, 0.25) is 5.02 Å². The average Bonchev–Trinajstić information content (AvgIpc) is 3.10. The Kier molecular flexibility index (Phi) is 4.18. The second-order valence-electron chi connectivity index (χ2n) is 5.95. The summed E-state index contributed by atoms with van der Waals surface area (Å²) in [6.45, 7) is 5.60. The molecule has 0 bridgehead atoms. The van der Waals surface area contributed by atoms with Gasteiger partial charge in [-0.25, -0.2) is 0 Å². The van der Waals surface area contributed by atoms with Gasteiger partial charge in [-0.15, -0.1) is 0 Å². The van der Waals surface area contributed by atoms with Crippen molar-refractivity contribution in [3.63, 3.8) is 0 Å². The first kappa shape index (κ1) is 13.7. The van der Waals surface area contributed by atoms with E-state index in [-0.39, 0.29) is 5.41 Å². The predicted molar refractivity (Wildman–Crippen MR) is 76.5 cm³/mol. The number of rotatable bonds is 6. The molecule has 0 saturated heterocycles. The smallest absolute Gasteiger partial charge is 0.122 e. The molecular weight excluding hydrogens is 246 g/mol. The molecule has 1 aliphatic rings. The van der Waals surface area contributed by atoms with E-state index in [1.807, 2.05) is 18.2 Å².